The molecule has 0 rings (SSSR count). The fourth-order valence-corrected chi connectivity index (χ4v) is 0.827. The van der Waals surface area contributed by atoms with Crippen molar-refractivity contribution in [2.75, 3.05) is 6.54 Å². The molecule has 1 atom stereocenters. The average Bonchev–Trinajstić information content (AvgIpc) is 2.12. The molecular weight excluding hydrogens is 240 g/mol. The smallest absolute Gasteiger partial charge is 0.326 e. The third kappa shape index (κ3) is 6.66. The Morgan fingerprint density at radius 2 is 1.88 bits per heavy atom. The van der Waals surface area contributed by atoms with Crippen LogP contribution in [-0.4, -0.2) is 40.8 Å². The lowest BCUT2D eigenvalue weighted by Gasteiger charge is -2.12. The maximum atomic E-state index is 11.1. The number of amides is 2. The summed E-state index contributed by atoms with van der Waals surface area (Å²) in [6.07, 6.45) is -0.704. The monoisotopic (exact) mass is 250 g/mol. The SMILES string of the molecule is C=C(Cl)CNC(=O)NC(CC(=O)O)C(=O)O. The van der Waals surface area contributed by atoms with Crippen LogP contribution in [0.3, 0.4) is 0 Å². The minimum Gasteiger partial charge on any atom is -0.481 e. The fourth-order valence-electron chi connectivity index (χ4n) is 0.760. The van der Waals surface area contributed by atoms with Crippen LogP contribution in [0.2, 0.25) is 0 Å². The highest BCUT2D eigenvalue weighted by molar-refractivity contribution is 6.29. The molecule has 4 N–H and O–H groups in total. The van der Waals surface area contributed by atoms with E-state index >= 15 is 0 Å². The van der Waals surface area contributed by atoms with Gasteiger partial charge in [-0.2, -0.15) is 0 Å². The number of halogens is 1. The van der Waals surface area contributed by atoms with Gasteiger partial charge in [0.15, 0.2) is 0 Å². The second-order valence-electron chi connectivity index (χ2n) is 2.83. The lowest BCUT2D eigenvalue weighted by atomic mass is 10.2. The Morgan fingerprint density at radius 3 is 2.25 bits per heavy atom. The van der Waals surface area contributed by atoms with Crippen LogP contribution in [0.5, 0.6) is 0 Å². The largest absolute Gasteiger partial charge is 0.481 e. The number of urea groups is 1. The predicted octanol–water partition coefficient (Wildman–Crippen LogP) is -0.0340. The first-order valence-corrected chi connectivity index (χ1v) is 4.53. The summed E-state index contributed by atoms with van der Waals surface area (Å²) in [5.41, 5.74) is 0. The van der Waals surface area contributed by atoms with Crippen LogP contribution in [0, 0.1) is 0 Å². The number of carbonyl (C=O) groups excluding carboxylic acids is 1. The molecule has 0 aliphatic rings. The van der Waals surface area contributed by atoms with E-state index in [0.717, 1.165) is 0 Å². The van der Waals surface area contributed by atoms with E-state index < -0.39 is 30.4 Å². The van der Waals surface area contributed by atoms with Gasteiger partial charge in [0.1, 0.15) is 6.04 Å². The van der Waals surface area contributed by atoms with E-state index in [1.807, 2.05) is 5.32 Å². The summed E-state index contributed by atoms with van der Waals surface area (Å²) < 4.78 is 0. The maximum absolute atomic E-state index is 11.1. The Labute approximate surface area is 96.1 Å². The minimum absolute atomic E-state index is 0.0349. The van der Waals surface area contributed by atoms with Crippen LogP contribution >= 0.6 is 11.6 Å². The lowest BCUT2D eigenvalue weighted by molar-refractivity contribution is -0.145. The van der Waals surface area contributed by atoms with Crippen LogP contribution in [0.4, 0.5) is 4.79 Å². The van der Waals surface area contributed by atoms with E-state index in [4.69, 9.17) is 21.8 Å². The van der Waals surface area contributed by atoms with Gasteiger partial charge in [0, 0.05) is 5.03 Å². The molecule has 0 aromatic heterocycles. The highest BCUT2D eigenvalue weighted by atomic mass is 35.5. The number of carboxylic acids is 2. The minimum atomic E-state index is -1.49. The molecule has 0 radical (unpaired) electrons. The molecule has 0 saturated heterocycles. The van der Waals surface area contributed by atoms with Crippen molar-refractivity contribution in [3.05, 3.63) is 11.6 Å². The molecule has 0 aromatic rings. The predicted molar refractivity (Wildman–Crippen MR) is 55.2 cm³/mol. The van der Waals surface area contributed by atoms with E-state index in [1.54, 1.807) is 0 Å². The van der Waals surface area contributed by atoms with Crippen molar-refractivity contribution < 1.29 is 24.6 Å². The van der Waals surface area contributed by atoms with Gasteiger partial charge in [-0.15, -0.1) is 0 Å². The maximum Gasteiger partial charge on any atom is 0.326 e. The van der Waals surface area contributed by atoms with Crippen molar-refractivity contribution in [2.24, 2.45) is 0 Å². The lowest BCUT2D eigenvalue weighted by Crippen LogP contribution is -2.47. The van der Waals surface area contributed by atoms with E-state index in [0.29, 0.717) is 0 Å². The van der Waals surface area contributed by atoms with Crippen LogP contribution in [-0.2, 0) is 9.59 Å². The van der Waals surface area contributed by atoms with Crippen molar-refractivity contribution in [3.8, 4) is 0 Å². The van der Waals surface area contributed by atoms with Gasteiger partial charge in [-0.05, 0) is 0 Å². The fraction of sp³-hybridized carbons (Fsp3) is 0.375. The second-order valence-corrected chi connectivity index (χ2v) is 3.37. The summed E-state index contributed by atoms with van der Waals surface area (Å²) in [7, 11) is 0. The Hall–Kier alpha value is -1.76. The summed E-state index contributed by atoms with van der Waals surface area (Å²) >= 11 is 5.36. The zero-order valence-electron chi connectivity index (χ0n) is 8.20. The van der Waals surface area contributed by atoms with E-state index in [9.17, 15) is 14.4 Å². The molecule has 0 heterocycles. The van der Waals surface area contributed by atoms with Gasteiger partial charge in [0.2, 0.25) is 0 Å². The van der Waals surface area contributed by atoms with Crippen molar-refractivity contribution in [3.63, 3.8) is 0 Å². The Balaban J connectivity index is 4.18. The zero-order chi connectivity index (χ0) is 12.7. The van der Waals surface area contributed by atoms with Crippen LogP contribution in [0.1, 0.15) is 6.42 Å². The van der Waals surface area contributed by atoms with Gasteiger partial charge in [-0.3, -0.25) is 4.79 Å². The van der Waals surface area contributed by atoms with Crippen LogP contribution < -0.4 is 10.6 Å². The molecule has 0 aromatic carbocycles. The Morgan fingerprint density at radius 1 is 1.31 bits per heavy atom. The van der Waals surface area contributed by atoms with Crippen LogP contribution in [0.25, 0.3) is 0 Å². The standard InChI is InChI=1S/C8H11ClN2O5/c1-4(9)3-10-8(16)11-5(7(14)15)2-6(12)13/h5H,1-3H2,(H,12,13)(H,14,15)(H2,10,11,16). The van der Waals surface area contributed by atoms with Gasteiger partial charge >= 0.3 is 18.0 Å². The normalized spacial score (nSPS) is 11.3. The molecule has 0 spiro atoms. The Bertz CT molecular complexity index is 318. The number of hydrogen-bond donors (Lipinski definition) is 4. The molecular formula is C8H11ClN2O5. The first-order chi connectivity index (χ1) is 7.32. The second kappa shape index (κ2) is 6.67. The Kier molecular flexibility index (Phi) is 5.94. The summed E-state index contributed by atoms with van der Waals surface area (Å²) in [6.45, 7) is 3.27. The number of aliphatic carboxylic acids is 2. The molecule has 0 fully saturated rings. The van der Waals surface area contributed by atoms with E-state index in [1.165, 1.54) is 0 Å². The number of rotatable bonds is 6. The van der Waals surface area contributed by atoms with Gasteiger partial charge < -0.3 is 20.8 Å². The molecule has 0 aliphatic heterocycles. The average molecular weight is 251 g/mol. The number of hydrogen-bond acceptors (Lipinski definition) is 3. The summed E-state index contributed by atoms with van der Waals surface area (Å²) in [5.74, 6) is -2.75. The van der Waals surface area contributed by atoms with E-state index in [-0.39, 0.29) is 11.6 Å². The summed E-state index contributed by atoms with van der Waals surface area (Å²) in [6, 6.07) is -2.31. The first-order valence-electron chi connectivity index (χ1n) is 4.15. The number of carboxylic acid groups (broad SMARTS) is 2. The molecule has 0 aliphatic carbocycles. The van der Waals surface area contributed by atoms with E-state index in [2.05, 4.69) is 11.9 Å². The highest BCUT2D eigenvalue weighted by Crippen LogP contribution is 1.94. The van der Waals surface area contributed by atoms with Crippen molar-refractivity contribution in [1.29, 1.82) is 0 Å². The van der Waals surface area contributed by atoms with Gasteiger partial charge in [-0.1, -0.05) is 18.2 Å². The molecule has 16 heavy (non-hydrogen) atoms. The van der Waals surface area contributed by atoms with Crippen molar-refractivity contribution in [1.82, 2.24) is 10.6 Å². The molecule has 8 heteroatoms. The van der Waals surface area contributed by atoms with Gasteiger partial charge in [0.25, 0.3) is 0 Å². The quantitative estimate of drug-likeness (QED) is 0.528. The molecule has 0 saturated carbocycles. The first kappa shape index (κ1) is 14.2. The van der Waals surface area contributed by atoms with Crippen molar-refractivity contribution in [2.45, 2.75) is 12.5 Å². The summed E-state index contributed by atoms with van der Waals surface area (Å²) in [4.78, 5) is 31.9. The molecule has 90 valence electrons. The highest BCUT2D eigenvalue weighted by Gasteiger charge is 2.22. The van der Waals surface area contributed by atoms with Gasteiger partial charge in [-0.25, -0.2) is 9.59 Å². The molecule has 0 bridgehead atoms. The van der Waals surface area contributed by atoms with Gasteiger partial charge in [0.05, 0.1) is 13.0 Å². The molecule has 1 unspecified atom stereocenters. The number of nitrogens with one attached hydrogen (secondary N) is 2. The molecule has 7 nitrogen and oxygen atoms in total. The van der Waals surface area contributed by atoms with Crippen molar-refractivity contribution >= 4 is 29.6 Å². The van der Waals surface area contributed by atoms with Crippen LogP contribution in [0.15, 0.2) is 11.6 Å². The molecule has 2 amide bonds. The third-order valence-electron chi connectivity index (χ3n) is 1.42. The summed E-state index contributed by atoms with van der Waals surface area (Å²) in [5, 5.41) is 21.3. The zero-order valence-corrected chi connectivity index (χ0v) is 8.95. The third-order valence-corrected chi connectivity index (χ3v) is 1.56. The topological polar surface area (TPSA) is 116 Å². The number of carbonyl (C=O) groups is 3.